The second-order valence-electron chi connectivity index (χ2n) is 6.88. The van der Waals surface area contributed by atoms with Gasteiger partial charge in [-0.15, -0.1) is 10.2 Å². The Balaban J connectivity index is 1.41. The Bertz CT molecular complexity index is 1090. The number of nitrogens with one attached hydrogen (secondary N) is 2. The first kappa shape index (κ1) is 24.4. The van der Waals surface area contributed by atoms with Crippen LogP contribution in [0, 0.1) is 6.92 Å². The number of aryl methyl sites for hydroxylation is 1. The second-order valence-corrected chi connectivity index (χ2v) is 8.25. The number of nitrogens with zero attached hydrogens (tertiary/aromatic N) is 3. The van der Waals surface area contributed by atoms with Crippen molar-refractivity contribution < 1.29 is 19.1 Å². The Morgan fingerprint density at radius 1 is 1.03 bits per heavy atom. The highest BCUT2D eigenvalue weighted by Crippen LogP contribution is 2.20. The summed E-state index contributed by atoms with van der Waals surface area (Å²) in [5.41, 5.74) is 5.72. The Labute approximate surface area is 200 Å². The number of thioether (sulfide) groups is 1. The minimum Gasteiger partial charge on any atom is -0.486 e. The molecule has 33 heavy (non-hydrogen) atoms. The van der Waals surface area contributed by atoms with Crippen molar-refractivity contribution >= 4 is 35.2 Å². The third-order valence-electron chi connectivity index (χ3n) is 4.32. The zero-order valence-electron chi connectivity index (χ0n) is 18.2. The lowest BCUT2D eigenvalue weighted by atomic mass is 10.2. The van der Waals surface area contributed by atoms with Crippen LogP contribution in [0.4, 0.5) is 0 Å². The number of rotatable bonds is 10. The number of carbonyl (C=O) groups excluding carboxylic acids is 2. The lowest BCUT2D eigenvalue weighted by Gasteiger charge is -2.10. The summed E-state index contributed by atoms with van der Waals surface area (Å²) in [5.74, 6) is 1.09. The van der Waals surface area contributed by atoms with Crippen molar-refractivity contribution in [2.75, 3.05) is 12.4 Å². The van der Waals surface area contributed by atoms with Gasteiger partial charge < -0.3 is 14.0 Å². The van der Waals surface area contributed by atoms with Crippen LogP contribution in [-0.4, -0.2) is 38.9 Å². The first-order valence-corrected chi connectivity index (χ1v) is 11.5. The molecule has 0 aliphatic rings. The third-order valence-corrected chi connectivity index (χ3v) is 5.54. The molecule has 2 aromatic carbocycles. The molecule has 0 aliphatic carbocycles. The zero-order valence-corrected chi connectivity index (χ0v) is 19.8. The highest BCUT2D eigenvalue weighted by molar-refractivity contribution is 7.99. The predicted molar refractivity (Wildman–Crippen MR) is 125 cm³/mol. The summed E-state index contributed by atoms with van der Waals surface area (Å²) >= 11 is 7.09. The molecule has 2 N–H and O–H groups in total. The van der Waals surface area contributed by atoms with Gasteiger partial charge in [0, 0.05) is 11.6 Å². The van der Waals surface area contributed by atoms with Crippen molar-refractivity contribution in [3.63, 3.8) is 0 Å². The van der Waals surface area contributed by atoms with E-state index in [2.05, 4.69) is 21.0 Å². The zero-order chi connectivity index (χ0) is 23.6. The summed E-state index contributed by atoms with van der Waals surface area (Å²) in [6, 6.07) is 14.4. The minimum atomic E-state index is -0.465. The van der Waals surface area contributed by atoms with Gasteiger partial charge in [0.1, 0.15) is 18.1 Å². The SMILES string of the molecule is CCn1c(COc2ccc(Cl)cc2)nnc1SCC(=O)NNC(=O)COc1cccc(C)c1. The highest BCUT2D eigenvalue weighted by atomic mass is 35.5. The van der Waals surface area contributed by atoms with Gasteiger partial charge >= 0.3 is 0 Å². The number of hydrogen-bond donors (Lipinski definition) is 2. The maximum absolute atomic E-state index is 12.1. The standard InChI is InChI=1S/C22H24ClN5O4S/c1-3-28-19(12-31-17-9-7-16(23)8-10-17)24-27-22(28)33-14-21(30)26-25-20(29)13-32-18-6-4-5-15(2)11-18/h4-11H,3,12-14H2,1-2H3,(H,25,29)(H,26,30). The number of hydrogen-bond acceptors (Lipinski definition) is 7. The van der Waals surface area contributed by atoms with E-state index in [0.717, 1.165) is 5.56 Å². The summed E-state index contributed by atoms with van der Waals surface area (Å²) in [5, 5.41) is 9.50. The van der Waals surface area contributed by atoms with E-state index in [1.165, 1.54) is 11.8 Å². The Kier molecular flexibility index (Phi) is 8.96. The van der Waals surface area contributed by atoms with Gasteiger partial charge in [0.2, 0.25) is 5.91 Å². The molecule has 0 bridgehead atoms. The Hall–Kier alpha value is -3.24. The number of aromatic nitrogens is 3. The molecule has 1 aromatic heterocycles. The average Bonchev–Trinajstić information content (AvgIpc) is 3.21. The number of hydrazine groups is 1. The fourth-order valence-corrected chi connectivity index (χ4v) is 3.67. The van der Waals surface area contributed by atoms with E-state index in [9.17, 15) is 9.59 Å². The van der Waals surface area contributed by atoms with Crippen molar-refractivity contribution in [2.24, 2.45) is 0 Å². The van der Waals surface area contributed by atoms with E-state index >= 15 is 0 Å². The molecule has 0 spiro atoms. The fourth-order valence-electron chi connectivity index (χ4n) is 2.72. The number of amides is 2. The van der Waals surface area contributed by atoms with E-state index in [1.54, 1.807) is 30.3 Å². The van der Waals surface area contributed by atoms with Gasteiger partial charge in [-0.2, -0.15) is 0 Å². The monoisotopic (exact) mass is 489 g/mol. The molecule has 0 aliphatic heterocycles. The summed E-state index contributed by atoms with van der Waals surface area (Å²) in [4.78, 5) is 24.0. The predicted octanol–water partition coefficient (Wildman–Crippen LogP) is 3.16. The van der Waals surface area contributed by atoms with Gasteiger partial charge in [-0.1, -0.05) is 35.5 Å². The van der Waals surface area contributed by atoms with Crippen LogP contribution in [0.3, 0.4) is 0 Å². The van der Waals surface area contributed by atoms with Crippen molar-refractivity contribution in [2.45, 2.75) is 32.2 Å². The number of ether oxygens (including phenoxy) is 2. The highest BCUT2D eigenvalue weighted by Gasteiger charge is 2.14. The third kappa shape index (κ3) is 7.69. The van der Waals surface area contributed by atoms with Crippen LogP contribution in [0.15, 0.2) is 53.7 Å². The Morgan fingerprint density at radius 3 is 2.52 bits per heavy atom. The van der Waals surface area contributed by atoms with Crippen LogP contribution < -0.4 is 20.3 Å². The van der Waals surface area contributed by atoms with E-state index in [1.807, 2.05) is 36.6 Å². The number of halogens is 1. The number of carbonyl (C=O) groups is 2. The number of benzene rings is 2. The second kappa shape index (κ2) is 12.1. The van der Waals surface area contributed by atoms with Crippen LogP contribution in [0.2, 0.25) is 5.02 Å². The molecule has 0 saturated heterocycles. The average molecular weight is 490 g/mol. The van der Waals surface area contributed by atoms with Crippen LogP contribution in [-0.2, 0) is 22.7 Å². The molecule has 0 unspecified atom stereocenters. The minimum absolute atomic E-state index is 0.0508. The van der Waals surface area contributed by atoms with E-state index < -0.39 is 5.91 Å². The summed E-state index contributed by atoms with van der Waals surface area (Å²) in [6.07, 6.45) is 0. The quantitative estimate of drug-likeness (QED) is 0.332. The van der Waals surface area contributed by atoms with Crippen LogP contribution in [0.25, 0.3) is 0 Å². The summed E-state index contributed by atoms with van der Waals surface area (Å²) in [7, 11) is 0. The fraction of sp³-hybridized carbons (Fsp3) is 0.273. The van der Waals surface area contributed by atoms with Gasteiger partial charge in [-0.25, -0.2) is 0 Å². The van der Waals surface area contributed by atoms with Crippen LogP contribution in [0.5, 0.6) is 11.5 Å². The van der Waals surface area contributed by atoms with Gasteiger partial charge in [-0.05, 0) is 55.8 Å². The lowest BCUT2D eigenvalue weighted by Crippen LogP contribution is -2.44. The van der Waals surface area contributed by atoms with Gasteiger partial charge in [0.15, 0.2) is 17.6 Å². The molecule has 3 rings (SSSR count). The molecular weight excluding hydrogens is 466 g/mol. The van der Waals surface area contributed by atoms with Gasteiger partial charge in [0.25, 0.3) is 5.91 Å². The summed E-state index contributed by atoms with van der Waals surface area (Å²) in [6.45, 7) is 4.51. The maximum atomic E-state index is 12.1. The Morgan fingerprint density at radius 2 is 1.79 bits per heavy atom. The van der Waals surface area contributed by atoms with E-state index in [-0.39, 0.29) is 24.9 Å². The molecule has 0 atom stereocenters. The van der Waals surface area contributed by atoms with Crippen LogP contribution >= 0.6 is 23.4 Å². The van der Waals surface area contributed by atoms with Crippen LogP contribution in [0.1, 0.15) is 18.3 Å². The molecular formula is C22H24ClN5O4S. The molecule has 1 heterocycles. The van der Waals surface area contributed by atoms with E-state index in [0.29, 0.717) is 34.0 Å². The molecule has 2 amide bonds. The largest absolute Gasteiger partial charge is 0.486 e. The lowest BCUT2D eigenvalue weighted by molar-refractivity contribution is -0.128. The molecule has 0 radical (unpaired) electrons. The normalized spacial score (nSPS) is 10.5. The van der Waals surface area contributed by atoms with E-state index in [4.69, 9.17) is 21.1 Å². The van der Waals surface area contributed by atoms with Crippen molar-refractivity contribution in [3.8, 4) is 11.5 Å². The van der Waals surface area contributed by atoms with Crippen molar-refractivity contribution in [3.05, 3.63) is 64.9 Å². The molecule has 174 valence electrons. The first-order valence-electron chi connectivity index (χ1n) is 10.1. The molecule has 3 aromatic rings. The summed E-state index contributed by atoms with van der Waals surface area (Å²) < 4.78 is 13.0. The molecule has 0 fully saturated rings. The first-order chi connectivity index (χ1) is 15.9. The maximum Gasteiger partial charge on any atom is 0.276 e. The van der Waals surface area contributed by atoms with Gasteiger partial charge in [-0.3, -0.25) is 20.4 Å². The van der Waals surface area contributed by atoms with Crippen molar-refractivity contribution in [1.82, 2.24) is 25.6 Å². The van der Waals surface area contributed by atoms with Gasteiger partial charge in [0.05, 0.1) is 5.75 Å². The smallest absolute Gasteiger partial charge is 0.276 e. The molecule has 0 saturated carbocycles. The van der Waals surface area contributed by atoms with Crippen molar-refractivity contribution in [1.29, 1.82) is 0 Å². The molecule has 9 nitrogen and oxygen atoms in total. The molecule has 11 heteroatoms. The topological polar surface area (TPSA) is 107 Å².